The monoisotopic (exact) mass is 703 g/mol. The van der Waals surface area contributed by atoms with Crippen molar-refractivity contribution in [1.82, 2.24) is 5.32 Å². The summed E-state index contributed by atoms with van der Waals surface area (Å²) < 4.78 is 24.0. The summed E-state index contributed by atoms with van der Waals surface area (Å²) in [6, 6.07) is 6.66. The van der Waals surface area contributed by atoms with Gasteiger partial charge in [0, 0.05) is 18.5 Å². The minimum atomic E-state index is -1.14. The normalized spacial score (nSPS) is 11.4. The molecule has 0 saturated carbocycles. The van der Waals surface area contributed by atoms with Crippen LogP contribution in [0.2, 0.25) is 0 Å². The summed E-state index contributed by atoms with van der Waals surface area (Å²) in [6.07, 6.45) is 2.25. The predicted octanol–water partition coefficient (Wildman–Crippen LogP) is 5.26. The van der Waals surface area contributed by atoms with Crippen LogP contribution in [0.15, 0.2) is 47.1 Å². The average Bonchev–Trinajstić information content (AvgIpc) is 3.20. The van der Waals surface area contributed by atoms with Crippen LogP contribution < -0.4 is 21.3 Å². The average molecular weight is 703 g/mol. The highest BCUT2D eigenvalue weighted by molar-refractivity contribution is 14.1. The van der Waals surface area contributed by atoms with Gasteiger partial charge in [-0.05, 0) is 82.4 Å². The van der Waals surface area contributed by atoms with Gasteiger partial charge in [-0.1, -0.05) is 20.3 Å². The van der Waals surface area contributed by atoms with Crippen molar-refractivity contribution in [3.05, 3.63) is 69.1 Å². The van der Waals surface area contributed by atoms with E-state index in [9.17, 15) is 14.4 Å². The predicted molar refractivity (Wildman–Crippen MR) is 149 cm³/mol. The fourth-order valence-electron chi connectivity index (χ4n) is 3.78. The molecule has 0 aliphatic heterocycles. The Morgan fingerprint density at radius 2 is 1.69 bits per heavy atom. The van der Waals surface area contributed by atoms with Crippen LogP contribution in [0, 0.1) is 7.14 Å². The van der Waals surface area contributed by atoms with Crippen molar-refractivity contribution in [1.29, 1.82) is 0 Å². The number of carbonyl (C=O) groups is 1. The Labute approximate surface area is 227 Å². The van der Waals surface area contributed by atoms with E-state index in [1.165, 1.54) is 6.07 Å². The zero-order chi connectivity index (χ0) is 25.1. The van der Waals surface area contributed by atoms with E-state index >= 15 is 0 Å². The highest BCUT2D eigenvalue weighted by Gasteiger charge is 2.27. The van der Waals surface area contributed by atoms with Crippen LogP contribution in [0.3, 0.4) is 0 Å². The number of benzene rings is 2. The number of nitrogens with one attached hydrogen (secondary N) is 1. The van der Waals surface area contributed by atoms with Gasteiger partial charge < -0.3 is 23.3 Å². The first-order valence-electron chi connectivity index (χ1n) is 11.2. The Kier molecular flexibility index (Phi) is 8.32. The number of hydrogen-bond donors (Lipinski definition) is 1. The lowest BCUT2D eigenvalue weighted by molar-refractivity contribution is 0.103. The third kappa shape index (κ3) is 5.33. The van der Waals surface area contributed by atoms with E-state index in [2.05, 4.69) is 50.5 Å². The minimum Gasteiger partial charge on any atom is -0.490 e. The number of ether oxygens (including phenoxy) is 1. The van der Waals surface area contributed by atoms with E-state index in [0.29, 0.717) is 40.9 Å². The maximum Gasteiger partial charge on any atom is 0.423 e. The van der Waals surface area contributed by atoms with Crippen LogP contribution in [0.5, 0.6) is 5.75 Å². The van der Waals surface area contributed by atoms with Crippen molar-refractivity contribution in [2.45, 2.75) is 33.1 Å². The zero-order valence-corrected chi connectivity index (χ0v) is 23.5. The molecule has 2 heterocycles. The van der Waals surface area contributed by atoms with Crippen molar-refractivity contribution in [3.63, 3.8) is 0 Å². The van der Waals surface area contributed by atoms with Crippen LogP contribution in [-0.2, 0) is 6.42 Å². The lowest BCUT2D eigenvalue weighted by Crippen LogP contribution is -2.21. The zero-order valence-electron chi connectivity index (χ0n) is 19.2. The van der Waals surface area contributed by atoms with E-state index in [-0.39, 0.29) is 16.9 Å². The molecule has 2 aromatic heterocycles. The molecular formula is C25H23I2NO7. The van der Waals surface area contributed by atoms with E-state index in [0.717, 1.165) is 38.8 Å². The number of likely N-dealkylation sites (N-methyl/N-ethyl adjacent to an activating group) is 1. The second kappa shape index (κ2) is 11.2. The molecule has 0 aliphatic rings. The summed E-state index contributed by atoms with van der Waals surface area (Å²) in [5, 5.41) is 3.54. The molecule has 0 atom stereocenters. The van der Waals surface area contributed by atoms with Crippen molar-refractivity contribution in [3.8, 4) is 5.75 Å². The topological polar surface area (TPSA) is 112 Å². The van der Waals surface area contributed by atoms with Gasteiger partial charge in [0.1, 0.15) is 23.7 Å². The first-order valence-corrected chi connectivity index (χ1v) is 13.4. The lowest BCUT2D eigenvalue weighted by Gasteiger charge is -2.12. The number of ketones is 1. The van der Waals surface area contributed by atoms with Crippen molar-refractivity contribution >= 4 is 73.1 Å². The van der Waals surface area contributed by atoms with Crippen molar-refractivity contribution in [2.24, 2.45) is 0 Å². The second-order valence-electron chi connectivity index (χ2n) is 7.85. The summed E-state index contributed by atoms with van der Waals surface area (Å²) in [7, 11) is 0. The molecule has 0 bridgehead atoms. The number of fused-ring (bicyclic) bond motifs is 3. The second-order valence-corrected chi connectivity index (χ2v) is 10.2. The van der Waals surface area contributed by atoms with E-state index in [1.54, 1.807) is 18.2 Å². The minimum absolute atomic E-state index is 0.0229. The molecule has 0 aliphatic carbocycles. The molecule has 0 amide bonds. The van der Waals surface area contributed by atoms with Crippen LogP contribution in [-0.4, -0.2) is 25.5 Å². The van der Waals surface area contributed by atoms with Crippen molar-refractivity contribution < 1.29 is 22.8 Å². The Balaban J connectivity index is 1.85. The third-order valence-corrected chi connectivity index (χ3v) is 7.03. The molecular weight excluding hydrogens is 680 g/mol. The summed E-state index contributed by atoms with van der Waals surface area (Å²) in [5.41, 5.74) is -0.992. The number of unbranched alkanes of at least 4 members (excludes halogenated alkanes) is 1. The maximum absolute atomic E-state index is 13.9. The fourth-order valence-corrected chi connectivity index (χ4v) is 5.86. The summed E-state index contributed by atoms with van der Waals surface area (Å²) in [4.78, 5) is 37.5. The molecule has 10 heteroatoms. The molecule has 1 N–H and O–H groups in total. The van der Waals surface area contributed by atoms with Gasteiger partial charge in [0.15, 0.2) is 16.9 Å². The Morgan fingerprint density at radius 1 is 1.00 bits per heavy atom. The van der Waals surface area contributed by atoms with Gasteiger partial charge >= 0.3 is 11.3 Å². The summed E-state index contributed by atoms with van der Waals surface area (Å²) >= 11 is 4.32. The molecule has 4 aromatic rings. The first-order chi connectivity index (χ1) is 16.8. The fraction of sp³-hybridized carbons (Fsp3) is 0.320. The lowest BCUT2D eigenvalue weighted by atomic mass is 9.98. The molecule has 0 spiro atoms. The largest absolute Gasteiger partial charge is 0.490 e. The van der Waals surface area contributed by atoms with Gasteiger partial charge in [-0.25, -0.2) is 9.59 Å². The first kappa shape index (κ1) is 25.9. The Hall–Kier alpha value is -2.19. The Bertz CT molecular complexity index is 1490. The molecule has 0 radical (unpaired) electrons. The molecule has 184 valence electrons. The molecule has 4 rings (SSSR count). The van der Waals surface area contributed by atoms with Gasteiger partial charge in [0.05, 0.1) is 18.1 Å². The smallest absolute Gasteiger partial charge is 0.423 e. The SMILES string of the molecule is CCCCc1oc2ccc3oc(=O)c(=O)oc3c2c1C(=O)c1cc(I)c(OCCNCC)c(I)c1. The quantitative estimate of drug-likeness (QED) is 0.103. The van der Waals surface area contributed by atoms with Crippen LogP contribution in [0.1, 0.15) is 48.4 Å². The molecule has 8 nitrogen and oxygen atoms in total. The number of carbonyl (C=O) groups excluding carboxylic acids is 1. The molecule has 0 unspecified atom stereocenters. The van der Waals surface area contributed by atoms with Gasteiger partial charge in [-0.3, -0.25) is 4.79 Å². The molecule has 2 aromatic carbocycles. The maximum atomic E-state index is 13.9. The molecule has 0 saturated heterocycles. The highest BCUT2D eigenvalue weighted by atomic mass is 127. The van der Waals surface area contributed by atoms with Crippen LogP contribution in [0.25, 0.3) is 22.1 Å². The molecule has 35 heavy (non-hydrogen) atoms. The van der Waals surface area contributed by atoms with Gasteiger partial charge in [0.2, 0.25) is 0 Å². The van der Waals surface area contributed by atoms with Crippen LogP contribution in [0.4, 0.5) is 0 Å². The Morgan fingerprint density at radius 3 is 2.37 bits per heavy atom. The van der Waals surface area contributed by atoms with Gasteiger partial charge in [0.25, 0.3) is 0 Å². The van der Waals surface area contributed by atoms with E-state index < -0.39 is 11.3 Å². The number of hydrogen-bond acceptors (Lipinski definition) is 8. The highest BCUT2D eigenvalue weighted by Crippen LogP contribution is 2.36. The van der Waals surface area contributed by atoms with E-state index in [1.807, 2.05) is 13.8 Å². The number of aryl methyl sites for hydroxylation is 1. The molecule has 0 fully saturated rings. The van der Waals surface area contributed by atoms with E-state index in [4.69, 9.17) is 18.0 Å². The van der Waals surface area contributed by atoms with Crippen molar-refractivity contribution in [2.75, 3.05) is 19.7 Å². The van der Waals surface area contributed by atoms with Crippen LogP contribution >= 0.6 is 45.2 Å². The standard InChI is InChI=1S/C25H23I2NO7/c1-3-5-6-16-19(20-17(33-16)7-8-18-23(20)35-25(31)24(30)34-18)21(29)13-11-14(26)22(15(27)12-13)32-10-9-28-4-2/h7-8,11-12,28H,3-6,9-10H2,1-2H3. The van der Waals surface area contributed by atoms with Gasteiger partial charge in [-0.15, -0.1) is 0 Å². The summed E-state index contributed by atoms with van der Waals surface area (Å²) in [5.74, 6) is 0.956. The van der Waals surface area contributed by atoms with Gasteiger partial charge in [-0.2, -0.15) is 0 Å². The number of rotatable bonds is 10. The third-order valence-electron chi connectivity index (χ3n) is 5.43. The summed E-state index contributed by atoms with van der Waals surface area (Å²) in [6.45, 7) is 6.18. The number of halogens is 2. The number of furan rings is 1.